The highest BCUT2D eigenvalue weighted by Crippen LogP contribution is 2.34. The fourth-order valence-electron chi connectivity index (χ4n) is 3.15. The van der Waals surface area contributed by atoms with Gasteiger partial charge in [0.2, 0.25) is 5.91 Å². The summed E-state index contributed by atoms with van der Waals surface area (Å²) in [7, 11) is 0. The van der Waals surface area contributed by atoms with Crippen molar-refractivity contribution >= 4 is 17.3 Å². The summed E-state index contributed by atoms with van der Waals surface area (Å²) in [6.45, 7) is 4.63. The van der Waals surface area contributed by atoms with Crippen molar-refractivity contribution < 1.29 is 4.79 Å². The largest absolute Gasteiger partial charge is 0.368 e. The van der Waals surface area contributed by atoms with E-state index >= 15 is 0 Å². The molecule has 120 valence electrons. The van der Waals surface area contributed by atoms with Gasteiger partial charge in [-0.3, -0.25) is 4.79 Å². The molecule has 0 bridgehead atoms. The van der Waals surface area contributed by atoms with Crippen molar-refractivity contribution in [3.63, 3.8) is 0 Å². The SMILES string of the molecule is CC1CN(CCN)c2ccccc2N(Cc2ccccc2)C1=O. The molecule has 23 heavy (non-hydrogen) atoms. The van der Waals surface area contributed by atoms with Crippen LogP contribution in [0, 0.1) is 5.92 Å². The van der Waals surface area contributed by atoms with Crippen LogP contribution >= 0.6 is 0 Å². The summed E-state index contributed by atoms with van der Waals surface area (Å²) in [6, 6.07) is 18.2. The van der Waals surface area contributed by atoms with Crippen LogP contribution in [0.2, 0.25) is 0 Å². The van der Waals surface area contributed by atoms with E-state index in [9.17, 15) is 4.79 Å². The molecule has 0 saturated carbocycles. The Bertz CT molecular complexity index is 671. The number of carbonyl (C=O) groups excluding carboxylic acids is 1. The molecule has 0 radical (unpaired) electrons. The summed E-state index contributed by atoms with van der Waals surface area (Å²) in [6.07, 6.45) is 0. The number of benzene rings is 2. The highest BCUT2D eigenvalue weighted by atomic mass is 16.2. The molecule has 0 fully saturated rings. The van der Waals surface area contributed by atoms with Crippen molar-refractivity contribution in [2.75, 3.05) is 29.4 Å². The van der Waals surface area contributed by atoms with Gasteiger partial charge in [-0.05, 0) is 17.7 Å². The van der Waals surface area contributed by atoms with E-state index in [1.807, 2.05) is 48.2 Å². The third-order valence-electron chi connectivity index (χ3n) is 4.28. The van der Waals surface area contributed by atoms with E-state index in [0.29, 0.717) is 19.6 Å². The van der Waals surface area contributed by atoms with E-state index in [2.05, 4.69) is 23.1 Å². The molecule has 4 heteroatoms. The molecule has 2 aromatic rings. The minimum absolute atomic E-state index is 0.0577. The number of nitrogens with two attached hydrogens (primary N) is 1. The average Bonchev–Trinajstić information content (AvgIpc) is 2.68. The molecular weight excluding hydrogens is 286 g/mol. The number of carbonyl (C=O) groups is 1. The van der Waals surface area contributed by atoms with Gasteiger partial charge in [-0.2, -0.15) is 0 Å². The number of fused-ring (bicyclic) bond motifs is 1. The normalized spacial score (nSPS) is 17.8. The maximum absolute atomic E-state index is 12.9. The van der Waals surface area contributed by atoms with Crippen LogP contribution in [0.3, 0.4) is 0 Å². The quantitative estimate of drug-likeness (QED) is 0.944. The predicted molar refractivity (Wildman–Crippen MR) is 94.5 cm³/mol. The summed E-state index contributed by atoms with van der Waals surface area (Å²) in [5.74, 6) is 0.110. The molecule has 0 aliphatic carbocycles. The average molecular weight is 309 g/mol. The van der Waals surface area contributed by atoms with Gasteiger partial charge >= 0.3 is 0 Å². The van der Waals surface area contributed by atoms with Crippen LogP contribution < -0.4 is 15.5 Å². The molecule has 1 aliphatic rings. The first kappa shape index (κ1) is 15.6. The van der Waals surface area contributed by atoms with E-state index in [-0.39, 0.29) is 11.8 Å². The number of anilines is 2. The van der Waals surface area contributed by atoms with Crippen LogP contribution in [0.25, 0.3) is 0 Å². The van der Waals surface area contributed by atoms with Crippen molar-refractivity contribution in [1.82, 2.24) is 0 Å². The number of hydrogen-bond donors (Lipinski definition) is 1. The van der Waals surface area contributed by atoms with Crippen LogP contribution in [0.1, 0.15) is 12.5 Å². The molecule has 3 rings (SSSR count). The Morgan fingerprint density at radius 3 is 2.39 bits per heavy atom. The van der Waals surface area contributed by atoms with Crippen LogP contribution in [0.4, 0.5) is 11.4 Å². The molecule has 1 amide bonds. The minimum atomic E-state index is -0.0577. The molecule has 2 N–H and O–H groups in total. The second-order valence-corrected chi connectivity index (χ2v) is 6.03. The van der Waals surface area contributed by atoms with Crippen molar-refractivity contribution in [2.45, 2.75) is 13.5 Å². The molecule has 2 aromatic carbocycles. The van der Waals surface area contributed by atoms with Crippen molar-refractivity contribution in [2.24, 2.45) is 11.7 Å². The Labute approximate surface area is 137 Å². The van der Waals surface area contributed by atoms with E-state index in [1.54, 1.807) is 0 Å². The van der Waals surface area contributed by atoms with Gasteiger partial charge in [0, 0.05) is 19.6 Å². The van der Waals surface area contributed by atoms with Crippen molar-refractivity contribution in [1.29, 1.82) is 0 Å². The summed E-state index contributed by atoms with van der Waals surface area (Å²) < 4.78 is 0. The van der Waals surface area contributed by atoms with Gasteiger partial charge in [-0.15, -0.1) is 0 Å². The third-order valence-corrected chi connectivity index (χ3v) is 4.28. The van der Waals surface area contributed by atoms with E-state index in [1.165, 1.54) is 0 Å². The Morgan fingerprint density at radius 1 is 1.04 bits per heavy atom. The van der Waals surface area contributed by atoms with Gasteiger partial charge < -0.3 is 15.5 Å². The van der Waals surface area contributed by atoms with Crippen molar-refractivity contribution in [3.8, 4) is 0 Å². The maximum Gasteiger partial charge on any atom is 0.231 e. The van der Waals surface area contributed by atoms with E-state index in [4.69, 9.17) is 5.73 Å². The lowest BCUT2D eigenvalue weighted by molar-refractivity contribution is -0.121. The molecule has 1 atom stereocenters. The van der Waals surface area contributed by atoms with Crippen molar-refractivity contribution in [3.05, 3.63) is 60.2 Å². The second kappa shape index (κ2) is 6.84. The summed E-state index contributed by atoms with van der Waals surface area (Å²) in [5, 5.41) is 0. The zero-order valence-corrected chi connectivity index (χ0v) is 13.5. The van der Waals surface area contributed by atoms with Gasteiger partial charge in [0.15, 0.2) is 0 Å². The summed E-state index contributed by atoms with van der Waals surface area (Å²) in [4.78, 5) is 17.1. The topological polar surface area (TPSA) is 49.6 Å². The molecule has 1 heterocycles. The number of nitrogens with zero attached hydrogens (tertiary/aromatic N) is 2. The van der Waals surface area contributed by atoms with Gasteiger partial charge in [0.1, 0.15) is 0 Å². The first-order chi connectivity index (χ1) is 11.2. The Hall–Kier alpha value is -2.33. The monoisotopic (exact) mass is 309 g/mol. The summed E-state index contributed by atoms with van der Waals surface area (Å²) >= 11 is 0. The Balaban J connectivity index is 2.01. The first-order valence-corrected chi connectivity index (χ1v) is 8.10. The van der Waals surface area contributed by atoms with Crippen LogP contribution in [0.5, 0.6) is 0 Å². The molecule has 0 aromatic heterocycles. The Morgan fingerprint density at radius 2 is 1.70 bits per heavy atom. The van der Waals surface area contributed by atoms with Gasteiger partial charge in [0.05, 0.1) is 23.8 Å². The molecule has 1 aliphatic heterocycles. The zero-order chi connectivity index (χ0) is 16.2. The van der Waals surface area contributed by atoms with Gasteiger partial charge in [-0.25, -0.2) is 0 Å². The van der Waals surface area contributed by atoms with Crippen LogP contribution in [0.15, 0.2) is 54.6 Å². The highest BCUT2D eigenvalue weighted by Gasteiger charge is 2.30. The lowest BCUT2D eigenvalue weighted by atomic mass is 10.1. The second-order valence-electron chi connectivity index (χ2n) is 6.03. The predicted octanol–water partition coefficient (Wildman–Crippen LogP) is 2.63. The smallest absolute Gasteiger partial charge is 0.231 e. The number of amides is 1. The standard InChI is InChI=1S/C19H23N3O/c1-15-13-21(12-11-20)17-9-5-6-10-18(17)22(19(15)23)14-16-7-3-2-4-8-16/h2-10,15H,11-14,20H2,1H3. The lowest BCUT2D eigenvalue weighted by Crippen LogP contribution is -2.37. The minimum Gasteiger partial charge on any atom is -0.368 e. The fraction of sp³-hybridized carbons (Fsp3) is 0.316. The van der Waals surface area contributed by atoms with Gasteiger partial charge in [0.25, 0.3) is 0 Å². The number of rotatable bonds is 4. The third kappa shape index (κ3) is 3.22. The Kier molecular flexibility index (Phi) is 4.63. The number of para-hydroxylation sites is 2. The van der Waals surface area contributed by atoms with Gasteiger partial charge in [-0.1, -0.05) is 49.4 Å². The lowest BCUT2D eigenvalue weighted by Gasteiger charge is -2.26. The van der Waals surface area contributed by atoms with E-state index < -0.39 is 0 Å². The number of hydrogen-bond acceptors (Lipinski definition) is 3. The highest BCUT2D eigenvalue weighted by molar-refractivity contribution is 5.99. The maximum atomic E-state index is 12.9. The zero-order valence-electron chi connectivity index (χ0n) is 13.5. The summed E-state index contributed by atoms with van der Waals surface area (Å²) in [5.41, 5.74) is 8.96. The molecule has 0 spiro atoms. The molecular formula is C19H23N3O. The van der Waals surface area contributed by atoms with Crippen LogP contribution in [-0.2, 0) is 11.3 Å². The molecule has 1 unspecified atom stereocenters. The first-order valence-electron chi connectivity index (χ1n) is 8.10. The molecule has 0 saturated heterocycles. The fourth-order valence-corrected chi connectivity index (χ4v) is 3.15. The molecule has 4 nitrogen and oxygen atoms in total. The van der Waals surface area contributed by atoms with Crippen LogP contribution in [-0.4, -0.2) is 25.5 Å². The van der Waals surface area contributed by atoms with E-state index in [0.717, 1.165) is 23.5 Å².